The van der Waals surface area contributed by atoms with Crippen LogP contribution in [0.3, 0.4) is 0 Å². The summed E-state index contributed by atoms with van der Waals surface area (Å²) in [6.07, 6.45) is -15.1. The van der Waals surface area contributed by atoms with Gasteiger partial charge in [-0.25, -0.2) is 4.79 Å². The molecule has 0 aromatic rings. The van der Waals surface area contributed by atoms with Crippen molar-refractivity contribution < 1.29 is 84.5 Å². The van der Waals surface area contributed by atoms with Crippen LogP contribution in [0.4, 0.5) is 74.6 Å². The van der Waals surface area contributed by atoms with Gasteiger partial charge in [0, 0.05) is 6.08 Å². The van der Waals surface area contributed by atoms with E-state index in [1.54, 1.807) is 0 Å². The highest BCUT2D eigenvalue weighted by molar-refractivity contribution is 5.79. The molecular formula is C12H5F17O2. The molecule has 0 aliphatic heterocycles. The van der Waals surface area contributed by atoms with Crippen molar-refractivity contribution in [1.29, 1.82) is 0 Å². The van der Waals surface area contributed by atoms with Crippen LogP contribution in [0.5, 0.6) is 0 Å². The van der Waals surface area contributed by atoms with Gasteiger partial charge < -0.3 is 5.11 Å². The van der Waals surface area contributed by atoms with Crippen LogP contribution in [0.15, 0.2) is 12.2 Å². The smallest absolute Gasteiger partial charge is 0.460 e. The summed E-state index contributed by atoms with van der Waals surface area (Å²) < 4.78 is 219. The SMILES string of the molecule is O=C(O)/C=C/C(F)(F)C(F)(F)C(F)(F)C(F)(F)CC(F)(F)C(F)(F)C(F)(F)C(F)(F)F. The van der Waals surface area contributed by atoms with E-state index >= 15 is 0 Å². The molecule has 0 radical (unpaired) electrons. The van der Waals surface area contributed by atoms with Gasteiger partial charge in [-0.05, 0) is 6.08 Å². The number of halogens is 17. The minimum atomic E-state index is -7.93. The summed E-state index contributed by atoms with van der Waals surface area (Å²) in [6.45, 7) is 0. The quantitative estimate of drug-likeness (QED) is 0.308. The largest absolute Gasteiger partial charge is 0.478 e. The van der Waals surface area contributed by atoms with E-state index in [9.17, 15) is 79.4 Å². The maximum atomic E-state index is 13.3. The first-order valence-corrected chi connectivity index (χ1v) is 6.76. The molecule has 0 amide bonds. The van der Waals surface area contributed by atoms with Gasteiger partial charge in [0.05, 0.1) is 6.42 Å². The fourth-order valence-electron chi connectivity index (χ4n) is 1.63. The van der Waals surface area contributed by atoms with Crippen molar-refractivity contribution in [3.8, 4) is 0 Å². The topological polar surface area (TPSA) is 37.3 Å². The standard InChI is InChI=1S/C12H5F17O2/c13-5(14,2-1-4(30)31)8(19,20)9(21,22)6(15,16)3-7(17,18)10(23,24)11(25,26)12(27,28)29/h1-2H,3H2,(H,30,31)/b2-1+. The second-order valence-corrected chi connectivity index (χ2v) is 5.68. The van der Waals surface area contributed by atoms with E-state index in [-0.39, 0.29) is 0 Å². The van der Waals surface area contributed by atoms with Gasteiger partial charge in [-0.1, -0.05) is 0 Å². The Balaban J connectivity index is 6.35. The van der Waals surface area contributed by atoms with E-state index in [1.807, 2.05) is 0 Å². The van der Waals surface area contributed by atoms with Gasteiger partial charge in [0.25, 0.3) is 0 Å². The maximum Gasteiger partial charge on any atom is 0.460 e. The van der Waals surface area contributed by atoms with Crippen LogP contribution < -0.4 is 0 Å². The number of aliphatic carboxylic acids is 1. The minimum Gasteiger partial charge on any atom is -0.478 e. The maximum absolute atomic E-state index is 13.3. The third-order valence-electron chi connectivity index (χ3n) is 3.36. The zero-order valence-corrected chi connectivity index (χ0v) is 13.6. The number of carboxylic acid groups (broad SMARTS) is 1. The third-order valence-corrected chi connectivity index (χ3v) is 3.36. The van der Waals surface area contributed by atoms with Crippen molar-refractivity contribution in [3.63, 3.8) is 0 Å². The Morgan fingerprint density at radius 2 is 0.903 bits per heavy atom. The fraction of sp³-hybridized carbons (Fsp3) is 0.750. The Hall–Kier alpha value is -1.98. The number of hydrogen-bond donors (Lipinski definition) is 1. The molecule has 0 aliphatic carbocycles. The fourth-order valence-corrected chi connectivity index (χ4v) is 1.63. The molecule has 0 aromatic heterocycles. The van der Waals surface area contributed by atoms with Crippen LogP contribution in [0.1, 0.15) is 6.42 Å². The van der Waals surface area contributed by atoms with Crippen LogP contribution >= 0.6 is 0 Å². The molecule has 0 saturated heterocycles. The lowest BCUT2D eigenvalue weighted by Crippen LogP contribution is -2.66. The highest BCUT2D eigenvalue weighted by Gasteiger charge is 2.86. The summed E-state index contributed by atoms with van der Waals surface area (Å²) in [5.74, 6) is -55.2. The van der Waals surface area contributed by atoms with Crippen LogP contribution in [0.2, 0.25) is 0 Å². The van der Waals surface area contributed by atoms with Gasteiger partial charge in [0.2, 0.25) is 0 Å². The number of carbonyl (C=O) groups is 1. The van der Waals surface area contributed by atoms with Gasteiger partial charge in [-0.2, -0.15) is 74.6 Å². The Morgan fingerprint density at radius 3 is 1.19 bits per heavy atom. The number of rotatable bonds is 9. The lowest BCUT2D eigenvalue weighted by atomic mass is 9.90. The highest BCUT2D eigenvalue weighted by atomic mass is 19.4. The predicted molar refractivity (Wildman–Crippen MR) is 62.1 cm³/mol. The molecule has 0 spiro atoms. The molecular weight excluding hydrogens is 499 g/mol. The number of alkyl halides is 17. The molecule has 0 aromatic carbocycles. The Morgan fingerprint density at radius 1 is 0.581 bits per heavy atom. The first kappa shape index (κ1) is 29.0. The first-order chi connectivity index (χ1) is 13.1. The molecule has 31 heavy (non-hydrogen) atoms. The number of hydrogen-bond acceptors (Lipinski definition) is 1. The molecule has 0 aliphatic rings. The van der Waals surface area contributed by atoms with Gasteiger partial charge in [-0.15, -0.1) is 0 Å². The Labute approximate surface area is 158 Å². The summed E-state index contributed by atoms with van der Waals surface area (Å²) in [7, 11) is 0. The average molecular weight is 504 g/mol. The van der Waals surface area contributed by atoms with Crippen molar-refractivity contribution in [3.05, 3.63) is 12.2 Å². The molecule has 0 fully saturated rings. The molecule has 0 heterocycles. The summed E-state index contributed by atoms with van der Waals surface area (Å²) in [6, 6.07) is 0. The van der Waals surface area contributed by atoms with E-state index in [4.69, 9.17) is 5.11 Å². The van der Waals surface area contributed by atoms with E-state index in [2.05, 4.69) is 0 Å². The molecule has 2 nitrogen and oxygen atoms in total. The summed E-state index contributed by atoms with van der Waals surface area (Å²) >= 11 is 0. The first-order valence-electron chi connectivity index (χ1n) is 6.76. The summed E-state index contributed by atoms with van der Waals surface area (Å²) in [5, 5.41) is 7.94. The lowest BCUT2D eigenvalue weighted by Gasteiger charge is -2.39. The number of carboxylic acids is 1. The number of allylic oxidation sites excluding steroid dienone is 1. The summed E-state index contributed by atoms with van der Waals surface area (Å²) in [5.41, 5.74) is 0. The van der Waals surface area contributed by atoms with Crippen LogP contribution in [-0.2, 0) is 4.79 Å². The minimum absolute atomic E-state index is 0.991. The summed E-state index contributed by atoms with van der Waals surface area (Å²) in [4.78, 5) is 9.95. The molecule has 0 atom stereocenters. The Kier molecular flexibility index (Phi) is 7.08. The normalized spacial score (nSPS) is 16.2. The van der Waals surface area contributed by atoms with Crippen molar-refractivity contribution in [2.24, 2.45) is 0 Å². The van der Waals surface area contributed by atoms with Crippen molar-refractivity contribution >= 4 is 5.97 Å². The molecule has 184 valence electrons. The average Bonchev–Trinajstić information content (AvgIpc) is 2.49. The van der Waals surface area contributed by atoms with E-state index in [1.165, 1.54) is 0 Å². The highest BCUT2D eigenvalue weighted by Crippen LogP contribution is 2.60. The van der Waals surface area contributed by atoms with Crippen LogP contribution in [0.25, 0.3) is 0 Å². The zero-order chi connectivity index (χ0) is 25.7. The molecule has 0 bridgehead atoms. The molecule has 0 unspecified atom stereocenters. The van der Waals surface area contributed by atoms with E-state index in [0.717, 1.165) is 0 Å². The van der Waals surface area contributed by atoms with Crippen LogP contribution in [0, 0.1) is 0 Å². The predicted octanol–water partition coefficient (Wildman–Crippen LogP) is 6.03. The molecule has 1 N–H and O–H groups in total. The molecule has 19 heteroatoms. The van der Waals surface area contributed by atoms with E-state index < -0.39 is 72.2 Å². The Bertz CT molecular complexity index is 702. The van der Waals surface area contributed by atoms with Gasteiger partial charge in [-0.3, -0.25) is 0 Å². The second kappa shape index (κ2) is 7.56. The van der Waals surface area contributed by atoms with Crippen molar-refractivity contribution in [1.82, 2.24) is 0 Å². The van der Waals surface area contributed by atoms with E-state index in [0.29, 0.717) is 0 Å². The van der Waals surface area contributed by atoms with Crippen molar-refractivity contribution in [2.75, 3.05) is 0 Å². The van der Waals surface area contributed by atoms with Gasteiger partial charge >= 0.3 is 53.6 Å². The molecule has 0 rings (SSSR count). The third kappa shape index (κ3) is 4.63. The lowest BCUT2D eigenvalue weighted by molar-refractivity contribution is -0.412. The van der Waals surface area contributed by atoms with Crippen LogP contribution in [-0.4, -0.2) is 58.7 Å². The second-order valence-electron chi connectivity index (χ2n) is 5.68. The van der Waals surface area contributed by atoms with Gasteiger partial charge in [0.1, 0.15) is 0 Å². The monoisotopic (exact) mass is 504 g/mol. The molecule has 0 saturated carbocycles. The van der Waals surface area contributed by atoms with Gasteiger partial charge in [0.15, 0.2) is 0 Å². The van der Waals surface area contributed by atoms with Crippen molar-refractivity contribution in [2.45, 2.75) is 54.1 Å². The zero-order valence-electron chi connectivity index (χ0n) is 13.6.